The monoisotopic (exact) mass is 254 g/mol. The van der Waals surface area contributed by atoms with Gasteiger partial charge in [0.1, 0.15) is 6.73 Å². The Hall–Kier alpha value is -2.46. The van der Waals surface area contributed by atoms with Crippen molar-refractivity contribution < 1.29 is 9.90 Å². The molecule has 2 rings (SSSR count). The summed E-state index contributed by atoms with van der Waals surface area (Å²) in [5.41, 5.74) is 2.37. The first-order valence-corrected chi connectivity index (χ1v) is 5.88. The molecule has 0 aliphatic carbocycles. The van der Waals surface area contributed by atoms with Crippen LogP contribution >= 0.6 is 0 Å². The second-order valence-electron chi connectivity index (χ2n) is 3.87. The molecule has 0 unspecified atom stereocenters. The smallest absolute Gasteiger partial charge is 0.253 e. The van der Waals surface area contributed by atoms with Crippen molar-refractivity contribution in [3.8, 4) is 0 Å². The molecule has 2 aromatic rings. The van der Waals surface area contributed by atoms with Crippen molar-refractivity contribution in [1.82, 2.24) is 10.3 Å². The summed E-state index contributed by atoms with van der Waals surface area (Å²) in [4.78, 5) is 15.6. The fourth-order valence-electron chi connectivity index (χ4n) is 1.58. The number of carbonyl (C=O) groups is 1. The fraction of sp³-hybridized carbons (Fsp3) is 0.0667. The zero-order valence-corrected chi connectivity index (χ0v) is 10.3. The summed E-state index contributed by atoms with van der Waals surface area (Å²) in [6.07, 6.45) is 5.57. The Balaban J connectivity index is 2.07. The highest BCUT2D eigenvalue weighted by Gasteiger charge is 2.02. The van der Waals surface area contributed by atoms with E-state index >= 15 is 0 Å². The molecule has 4 nitrogen and oxygen atoms in total. The van der Waals surface area contributed by atoms with E-state index in [0.717, 1.165) is 11.3 Å². The molecule has 0 atom stereocenters. The third-order valence-electron chi connectivity index (χ3n) is 2.55. The van der Waals surface area contributed by atoms with Gasteiger partial charge < -0.3 is 10.4 Å². The molecule has 1 aromatic carbocycles. The zero-order chi connectivity index (χ0) is 13.5. The summed E-state index contributed by atoms with van der Waals surface area (Å²) in [5, 5.41) is 10.9. The van der Waals surface area contributed by atoms with Crippen LogP contribution in [0.3, 0.4) is 0 Å². The maximum Gasteiger partial charge on any atom is 0.253 e. The second-order valence-corrected chi connectivity index (χ2v) is 3.87. The first kappa shape index (κ1) is 13.0. The molecule has 0 aliphatic rings. The van der Waals surface area contributed by atoms with Crippen LogP contribution in [0.25, 0.3) is 12.2 Å². The van der Waals surface area contributed by atoms with Crippen molar-refractivity contribution >= 4 is 18.1 Å². The predicted octanol–water partition coefficient (Wildman–Crippen LogP) is 1.93. The normalized spacial score (nSPS) is 10.6. The molecular weight excluding hydrogens is 240 g/mol. The molecule has 4 heteroatoms. The number of aliphatic hydroxyl groups is 1. The number of hydrogen-bond acceptors (Lipinski definition) is 3. The van der Waals surface area contributed by atoms with Gasteiger partial charge in [0.2, 0.25) is 0 Å². The van der Waals surface area contributed by atoms with Crippen LogP contribution < -0.4 is 5.32 Å². The Labute approximate surface area is 111 Å². The minimum absolute atomic E-state index is 0.289. The van der Waals surface area contributed by atoms with E-state index in [0.29, 0.717) is 5.56 Å². The van der Waals surface area contributed by atoms with Gasteiger partial charge in [-0.05, 0) is 35.9 Å². The number of amides is 1. The summed E-state index contributed by atoms with van der Waals surface area (Å²) >= 11 is 0. The topological polar surface area (TPSA) is 62.2 Å². The van der Waals surface area contributed by atoms with Gasteiger partial charge in [-0.1, -0.05) is 24.3 Å². The van der Waals surface area contributed by atoms with Crippen molar-refractivity contribution in [2.24, 2.45) is 0 Å². The molecule has 1 amide bonds. The van der Waals surface area contributed by atoms with Gasteiger partial charge in [0.15, 0.2) is 0 Å². The van der Waals surface area contributed by atoms with Gasteiger partial charge in [-0.25, -0.2) is 0 Å². The lowest BCUT2D eigenvalue weighted by Crippen LogP contribution is -2.23. The van der Waals surface area contributed by atoms with Crippen LogP contribution in [-0.2, 0) is 0 Å². The van der Waals surface area contributed by atoms with E-state index in [1.807, 2.05) is 42.5 Å². The molecule has 19 heavy (non-hydrogen) atoms. The first-order valence-electron chi connectivity index (χ1n) is 5.88. The van der Waals surface area contributed by atoms with E-state index in [-0.39, 0.29) is 12.6 Å². The van der Waals surface area contributed by atoms with E-state index in [1.54, 1.807) is 18.3 Å². The quantitative estimate of drug-likeness (QED) is 0.819. The predicted molar refractivity (Wildman–Crippen MR) is 74.2 cm³/mol. The highest BCUT2D eigenvalue weighted by Crippen LogP contribution is 2.08. The van der Waals surface area contributed by atoms with Crippen LogP contribution in [0.4, 0.5) is 0 Å². The van der Waals surface area contributed by atoms with E-state index < -0.39 is 0 Å². The Kier molecular flexibility index (Phi) is 4.42. The number of benzene rings is 1. The average Bonchev–Trinajstić information content (AvgIpc) is 2.47. The van der Waals surface area contributed by atoms with Gasteiger partial charge in [-0.15, -0.1) is 0 Å². The molecular formula is C15H14N2O2. The molecule has 1 heterocycles. The van der Waals surface area contributed by atoms with E-state index in [4.69, 9.17) is 5.11 Å². The molecule has 1 aromatic heterocycles. The maximum absolute atomic E-state index is 11.4. The molecule has 0 radical (unpaired) electrons. The standard InChI is InChI=1S/C15H14N2O2/c18-11-17-15(19)13-7-4-12(5-8-13)6-9-14-3-1-2-10-16-14/h1-10,18H,11H2,(H,17,19). The molecule has 0 bridgehead atoms. The minimum atomic E-state index is -0.361. The van der Waals surface area contributed by atoms with Crippen molar-refractivity contribution in [3.05, 3.63) is 65.5 Å². The molecule has 0 saturated carbocycles. The summed E-state index contributed by atoms with van der Waals surface area (Å²) in [5.74, 6) is -0.289. The van der Waals surface area contributed by atoms with Crippen LogP contribution in [-0.4, -0.2) is 22.7 Å². The SMILES string of the molecule is O=C(NCO)c1ccc(C=Cc2ccccn2)cc1. The van der Waals surface area contributed by atoms with E-state index in [9.17, 15) is 4.79 Å². The Morgan fingerprint density at radius 3 is 2.58 bits per heavy atom. The molecule has 96 valence electrons. The van der Waals surface area contributed by atoms with Gasteiger partial charge in [-0.2, -0.15) is 0 Å². The molecule has 0 spiro atoms. The lowest BCUT2D eigenvalue weighted by molar-refractivity contribution is 0.0910. The Bertz CT molecular complexity index is 562. The zero-order valence-electron chi connectivity index (χ0n) is 10.3. The van der Waals surface area contributed by atoms with Gasteiger partial charge >= 0.3 is 0 Å². The number of carbonyl (C=O) groups excluding carboxylic acids is 1. The highest BCUT2D eigenvalue weighted by molar-refractivity contribution is 5.94. The summed E-state index contributed by atoms with van der Waals surface area (Å²) in [6, 6.07) is 12.8. The molecule has 2 N–H and O–H groups in total. The van der Waals surface area contributed by atoms with Crippen molar-refractivity contribution in [1.29, 1.82) is 0 Å². The number of hydrogen-bond donors (Lipinski definition) is 2. The summed E-state index contributed by atoms with van der Waals surface area (Å²) in [7, 11) is 0. The van der Waals surface area contributed by atoms with E-state index in [2.05, 4.69) is 10.3 Å². The lowest BCUT2D eigenvalue weighted by atomic mass is 10.1. The number of nitrogens with one attached hydrogen (secondary N) is 1. The van der Waals surface area contributed by atoms with Crippen molar-refractivity contribution in [3.63, 3.8) is 0 Å². The number of aliphatic hydroxyl groups excluding tert-OH is 1. The number of nitrogens with zero attached hydrogens (tertiary/aromatic N) is 1. The number of pyridine rings is 1. The third kappa shape index (κ3) is 3.76. The van der Waals surface area contributed by atoms with Crippen molar-refractivity contribution in [2.45, 2.75) is 0 Å². The summed E-state index contributed by atoms with van der Waals surface area (Å²) in [6.45, 7) is -0.361. The third-order valence-corrected chi connectivity index (χ3v) is 2.55. The number of rotatable bonds is 4. The van der Waals surface area contributed by atoms with Crippen LogP contribution in [0, 0.1) is 0 Å². The molecule has 0 saturated heterocycles. The fourth-order valence-corrected chi connectivity index (χ4v) is 1.58. The lowest BCUT2D eigenvalue weighted by Gasteiger charge is -2.01. The van der Waals surface area contributed by atoms with Crippen LogP contribution in [0.2, 0.25) is 0 Å². The maximum atomic E-state index is 11.4. The second kappa shape index (κ2) is 6.47. The molecule has 0 aliphatic heterocycles. The Morgan fingerprint density at radius 2 is 1.95 bits per heavy atom. The van der Waals surface area contributed by atoms with Gasteiger partial charge in [0.05, 0.1) is 5.69 Å². The first-order chi connectivity index (χ1) is 9.29. The largest absolute Gasteiger partial charge is 0.376 e. The van der Waals surface area contributed by atoms with Gasteiger partial charge in [0.25, 0.3) is 5.91 Å². The number of aromatic nitrogens is 1. The Morgan fingerprint density at radius 1 is 1.16 bits per heavy atom. The average molecular weight is 254 g/mol. The van der Waals surface area contributed by atoms with Gasteiger partial charge in [-0.3, -0.25) is 9.78 Å². The molecule has 0 fully saturated rings. The highest BCUT2D eigenvalue weighted by atomic mass is 16.3. The van der Waals surface area contributed by atoms with E-state index in [1.165, 1.54) is 0 Å². The van der Waals surface area contributed by atoms with Crippen LogP contribution in [0.5, 0.6) is 0 Å². The van der Waals surface area contributed by atoms with Gasteiger partial charge in [0, 0.05) is 11.8 Å². The van der Waals surface area contributed by atoms with Crippen LogP contribution in [0.1, 0.15) is 21.6 Å². The minimum Gasteiger partial charge on any atom is -0.376 e. The van der Waals surface area contributed by atoms with Crippen molar-refractivity contribution in [2.75, 3.05) is 6.73 Å². The van der Waals surface area contributed by atoms with Crippen LogP contribution in [0.15, 0.2) is 48.7 Å². The summed E-state index contributed by atoms with van der Waals surface area (Å²) < 4.78 is 0.